The maximum atomic E-state index is 13.1. The summed E-state index contributed by atoms with van der Waals surface area (Å²) in [5.74, 6) is -2.96. The highest BCUT2D eigenvalue weighted by Gasteiger charge is 2.37. The molecule has 1 aromatic rings. The van der Waals surface area contributed by atoms with Gasteiger partial charge in [0.1, 0.15) is 18.1 Å². The summed E-state index contributed by atoms with van der Waals surface area (Å²) < 4.78 is 0. The van der Waals surface area contributed by atoms with Crippen LogP contribution in [0.2, 0.25) is 0 Å². The van der Waals surface area contributed by atoms with Gasteiger partial charge < -0.3 is 37.2 Å². The van der Waals surface area contributed by atoms with Crippen molar-refractivity contribution in [3.63, 3.8) is 0 Å². The molecule has 0 radical (unpaired) electrons. The van der Waals surface area contributed by atoms with E-state index in [0.29, 0.717) is 38.8 Å². The van der Waals surface area contributed by atoms with Gasteiger partial charge in [0.2, 0.25) is 17.7 Å². The first-order valence-electron chi connectivity index (χ1n) is 11.5. The third-order valence-electron chi connectivity index (χ3n) is 5.84. The highest BCUT2D eigenvalue weighted by atomic mass is 16.4. The number of aliphatic carboxylic acids is 1. The monoisotopic (exact) mass is 477 g/mol. The molecule has 0 aromatic heterocycles. The van der Waals surface area contributed by atoms with Gasteiger partial charge in [-0.1, -0.05) is 36.8 Å². The second kappa shape index (κ2) is 13.6. The van der Waals surface area contributed by atoms with Crippen LogP contribution in [0.15, 0.2) is 30.3 Å². The van der Waals surface area contributed by atoms with Crippen molar-refractivity contribution < 1.29 is 29.4 Å². The molecule has 11 nitrogen and oxygen atoms in total. The molecule has 4 unspecified atom stereocenters. The van der Waals surface area contributed by atoms with Gasteiger partial charge in [0.05, 0.1) is 12.6 Å². The normalized spacial score (nSPS) is 18.1. The minimum absolute atomic E-state index is 0.107. The van der Waals surface area contributed by atoms with Gasteiger partial charge in [-0.3, -0.25) is 14.4 Å². The van der Waals surface area contributed by atoms with E-state index < -0.39 is 48.6 Å². The maximum absolute atomic E-state index is 13.1. The van der Waals surface area contributed by atoms with E-state index in [-0.39, 0.29) is 12.3 Å². The Labute approximate surface area is 198 Å². The number of rotatable bonds is 13. The number of nitrogens with zero attached hydrogens (tertiary/aromatic N) is 1. The first-order valence-corrected chi connectivity index (χ1v) is 11.5. The number of hydrogen-bond donors (Lipinski definition) is 6. The first kappa shape index (κ1) is 27.2. The highest BCUT2D eigenvalue weighted by molar-refractivity contribution is 5.94. The second-order valence-electron chi connectivity index (χ2n) is 8.41. The van der Waals surface area contributed by atoms with Gasteiger partial charge >= 0.3 is 5.97 Å². The van der Waals surface area contributed by atoms with Crippen molar-refractivity contribution in [3.05, 3.63) is 35.9 Å². The summed E-state index contributed by atoms with van der Waals surface area (Å²) in [5.41, 5.74) is 12.3. The lowest BCUT2D eigenvalue weighted by molar-refractivity contribution is -0.144. The minimum atomic E-state index is -1.50. The van der Waals surface area contributed by atoms with Gasteiger partial charge in [0, 0.05) is 13.0 Å². The van der Waals surface area contributed by atoms with Crippen molar-refractivity contribution >= 4 is 23.7 Å². The molecular weight excluding hydrogens is 442 g/mol. The zero-order valence-electron chi connectivity index (χ0n) is 19.2. The van der Waals surface area contributed by atoms with E-state index in [2.05, 4.69) is 10.6 Å². The van der Waals surface area contributed by atoms with Crippen molar-refractivity contribution in [2.45, 2.75) is 62.7 Å². The fourth-order valence-electron chi connectivity index (χ4n) is 3.93. The molecule has 0 spiro atoms. The summed E-state index contributed by atoms with van der Waals surface area (Å²) >= 11 is 0. The lowest BCUT2D eigenvalue weighted by Gasteiger charge is -2.28. The topological polar surface area (TPSA) is 188 Å². The van der Waals surface area contributed by atoms with Crippen LogP contribution in [0, 0.1) is 0 Å². The van der Waals surface area contributed by atoms with Crippen molar-refractivity contribution in [1.29, 1.82) is 0 Å². The standard InChI is InChI=1S/C23H35N5O6/c24-11-5-4-9-16(25)22(32)28-12-6-10-19(28)21(31)26-17(13-15-7-2-1-3-8-15)20(30)27-18(14-29)23(33)34/h1-3,7-8,16-19,29H,4-6,9-14,24-25H2,(H,26,31)(H,27,30)(H,33,34). The van der Waals surface area contributed by atoms with Crippen LogP contribution in [0.5, 0.6) is 0 Å². The number of benzene rings is 1. The number of aliphatic hydroxyl groups is 1. The number of amides is 3. The Hall–Kier alpha value is -3.02. The number of carbonyl (C=O) groups is 4. The number of hydrogen-bond acceptors (Lipinski definition) is 7. The summed E-state index contributed by atoms with van der Waals surface area (Å²) in [7, 11) is 0. The molecule has 4 atom stereocenters. The molecule has 1 fully saturated rings. The summed E-state index contributed by atoms with van der Waals surface area (Å²) in [4.78, 5) is 51.5. The van der Waals surface area contributed by atoms with Crippen LogP contribution in [-0.4, -0.2) is 82.7 Å². The quantitative estimate of drug-likeness (QED) is 0.189. The Bertz CT molecular complexity index is 836. The van der Waals surface area contributed by atoms with Gasteiger partial charge in [0.15, 0.2) is 0 Å². The average Bonchev–Trinajstić information content (AvgIpc) is 3.32. The molecule has 34 heavy (non-hydrogen) atoms. The van der Waals surface area contributed by atoms with Gasteiger partial charge in [-0.2, -0.15) is 0 Å². The van der Waals surface area contributed by atoms with E-state index in [9.17, 15) is 24.3 Å². The molecule has 0 aliphatic carbocycles. The summed E-state index contributed by atoms with van der Waals surface area (Å²) in [6.07, 6.45) is 3.10. The van der Waals surface area contributed by atoms with E-state index in [0.717, 1.165) is 12.0 Å². The van der Waals surface area contributed by atoms with Crippen molar-refractivity contribution in [2.24, 2.45) is 11.5 Å². The van der Waals surface area contributed by atoms with Crippen molar-refractivity contribution in [1.82, 2.24) is 15.5 Å². The smallest absolute Gasteiger partial charge is 0.328 e. The Balaban J connectivity index is 2.12. The zero-order valence-corrected chi connectivity index (χ0v) is 19.2. The predicted octanol–water partition coefficient (Wildman–Crippen LogP) is -1.28. The van der Waals surface area contributed by atoms with E-state index in [1.807, 2.05) is 6.07 Å². The van der Waals surface area contributed by atoms with Gasteiger partial charge in [0.25, 0.3) is 0 Å². The Kier molecular flexibility index (Phi) is 10.9. The number of carboxylic acid groups (broad SMARTS) is 1. The predicted molar refractivity (Wildman–Crippen MR) is 124 cm³/mol. The molecule has 11 heteroatoms. The van der Waals surface area contributed by atoms with Crippen LogP contribution in [0.1, 0.15) is 37.7 Å². The van der Waals surface area contributed by atoms with Crippen molar-refractivity contribution in [2.75, 3.05) is 19.7 Å². The number of carbonyl (C=O) groups excluding carboxylic acids is 3. The summed E-state index contributed by atoms with van der Waals surface area (Å²) in [6.45, 7) is 0.113. The average molecular weight is 478 g/mol. The maximum Gasteiger partial charge on any atom is 0.328 e. The number of nitrogens with one attached hydrogen (secondary N) is 2. The molecule has 0 bridgehead atoms. The number of unbranched alkanes of at least 4 members (excludes halogenated alkanes) is 1. The van der Waals surface area contributed by atoms with E-state index >= 15 is 0 Å². The van der Waals surface area contributed by atoms with Gasteiger partial charge in [-0.15, -0.1) is 0 Å². The Morgan fingerprint density at radius 2 is 1.79 bits per heavy atom. The van der Waals surface area contributed by atoms with E-state index in [1.165, 1.54) is 4.90 Å². The lowest BCUT2D eigenvalue weighted by atomic mass is 10.0. The van der Waals surface area contributed by atoms with Crippen LogP contribution in [0.4, 0.5) is 0 Å². The summed E-state index contributed by atoms with van der Waals surface area (Å²) in [6, 6.07) is 4.82. The second-order valence-corrected chi connectivity index (χ2v) is 8.41. The zero-order chi connectivity index (χ0) is 25.1. The molecule has 3 amide bonds. The van der Waals surface area contributed by atoms with Gasteiger partial charge in [-0.25, -0.2) is 4.79 Å². The van der Waals surface area contributed by atoms with Crippen LogP contribution in [-0.2, 0) is 25.6 Å². The molecule has 1 saturated heterocycles. The summed E-state index contributed by atoms with van der Waals surface area (Å²) in [5, 5.41) is 23.3. The molecule has 1 aliphatic heterocycles. The van der Waals surface area contributed by atoms with Gasteiger partial charge in [-0.05, 0) is 37.8 Å². The Morgan fingerprint density at radius 1 is 1.09 bits per heavy atom. The minimum Gasteiger partial charge on any atom is -0.480 e. The SMILES string of the molecule is NCCCCC(N)C(=O)N1CCCC1C(=O)NC(Cc1ccccc1)C(=O)NC(CO)C(=O)O. The molecule has 8 N–H and O–H groups in total. The fourth-order valence-corrected chi connectivity index (χ4v) is 3.93. The van der Waals surface area contributed by atoms with Crippen LogP contribution >= 0.6 is 0 Å². The molecule has 2 rings (SSSR count). The Morgan fingerprint density at radius 3 is 2.41 bits per heavy atom. The molecule has 1 aliphatic rings. The number of nitrogens with two attached hydrogens (primary N) is 2. The first-order chi connectivity index (χ1) is 16.3. The van der Waals surface area contributed by atoms with Crippen LogP contribution in [0.25, 0.3) is 0 Å². The van der Waals surface area contributed by atoms with Crippen LogP contribution in [0.3, 0.4) is 0 Å². The van der Waals surface area contributed by atoms with Crippen LogP contribution < -0.4 is 22.1 Å². The van der Waals surface area contributed by atoms with E-state index in [4.69, 9.17) is 16.6 Å². The third-order valence-corrected chi connectivity index (χ3v) is 5.84. The number of carboxylic acids is 1. The fraction of sp³-hybridized carbons (Fsp3) is 0.565. The number of aliphatic hydroxyl groups excluding tert-OH is 1. The number of likely N-dealkylation sites (tertiary alicyclic amines) is 1. The molecule has 1 heterocycles. The van der Waals surface area contributed by atoms with Crippen molar-refractivity contribution in [3.8, 4) is 0 Å². The van der Waals surface area contributed by atoms with E-state index in [1.54, 1.807) is 24.3 Å². The molecule has 188 valence electrons. The molecule has 1 aromatic carbocycles. The molecular formula is C23H35N5O6. The third kappa shape index (κ3) is 7.79. The lowest BCUT2D eigenvalue weighted by Crippen LogP contribution is -2.57. The molecule has 0 saturated carbocycles. The largest absolute Gasteiger partial charge is 0.480 e. The highest BCUT2D eigenvalue weighted by Crippen LogP contribution is 2.20.